The summed E-state index contributed by atoms with van der Waals surface area (Å²) in [5.41, 5.74) is 7.10. The van der Waals surface area contributed by atoms with Gasteiger partial charge in [0.1, 0.15) is 21.3 Å². The summed E-state index contributed by atoms with van der Waals surface area (Å²) in [6.07, 6.45) is 0. The summed E-state index contributed by atoms with van der Waals surface area (Å²) in [4.78, 5) is 0.0665. The molecule has 42 heavy (non-hydrogen) atoms. The molecular weight excluding hydrogens is 569 g/mol. The van der Waals surface area contributed by atoms with Crippen molar-refractivity contribution < 1.29 is 25.2 Å². The Morgan fingerprint density at radius 1 is 0.452 bits per heavy atom. The predicted octanol–water partition coefficient (Wildman–Crippen LogP) is 6.83. The second-order valence-corrected chi connectivity index (χ2v) is 13.8. The van der Waals surface area contributed by atoms with Crippen LogP contribution in [0.1, 0.15) is 56.3 Å². The fraction of sp³-hybridized carbons (Fsp3) is 0.118. The van der Waals surface area contributed by atoms with E-state index in [1.165, 1.54) is 36.4 Å². The largest absolute Gasteiger partial charge is 0.379 e. The van der Waals surface area contributed by atoms with Crippen LogP contribution in [0.2, 0.25) is 0 Å². The van der Waals surface area contributed by atoms with Gasteiger partial charge in [0.25, 0.3) is 0 Å². The van der Waals surface area contributed by atoms with Gasteiger partial charge in [0, 0.05) is 23.0 Å². The molecule has 0 atom stereocenters. The van der Waals surface area contributed by atoms with Crippen molar-refractivity contribution in [2.24, 2.45) is 0 Å². The second kappa shape index (κ2) is 9.58. The molecule has 0 aliphatic heterocycles. The first kappa shape index (κ1) is 26.5. The zero-order valence-corrected chi connectivity index (χ0v) is 24.4. The minimum atomic E-state index is -4.19. The van der Waals surface area contributed by atoms with E-state index in [2.05, 4.69) is 0 Å². The van der Waals surface area contributed by atoms with E-state index in [0.29, 0.717) is 11.1 Å². The molecule has 210 valence electrons. The average molecular weight is 595 g/mol. The van der Waals surface area contributed by atoms with E-state index in [9.17, 15) is 16.8 Å². The molecule has 0 aromatic heterocycles. The van der Waals surface area contributed by atoms with Gasteiger partial charge in [0.05, 0.1) is 0 Å². The van der Waals surface area contributed by atoms with E-state index >= 15 is 0 Å². The number of rotatable bonds is 6. The molecule has 0 spiro atoms. The standard InChI is InChI=1S/C34H26O6S2/c1-21-11-15-23(16-12-21)41(35,36)39-29-19-20-30(40-42(37,38)24-17-13-22(2)14-18-24)34-32-27-9-5-3-7-25(27)31(33(29)34)26-8-4-6-10-28(26)32/h3-20,31-32H,1-2H3. The monoisotopic (exact) mass is 594 g/mol. The van der Waals surface area contributed by atoms with Crippen molar-refractivity contribution in [1.82, 2.24) is 0 Å². The van der Waals surface area contributed by atoms with Gasteiger partial charge in [0.15, 0.2) is 0 Å². The molecule has 2 bridgehead atoms. The maximum Gasteiger partial charge on any atom is 0.339 e. The first-order valence-corrected chi connectivity index (χ1v) is 16.3. The van der Waals surface area contributed by atoms with Crippen molar-refractivity contribution in [3.05, 3.63) is 154 Å². The molecule has 0 radical (unpaired) electrons. The van der Waals surface area contributed by atoms with Gasteiger partial charge in [-0.15, -0.1) is 0 Å². The maximum absolute atomic E-state index is 13.5. The first-order valence-electron chi connectivity index (χ1n) is 13.5. The predicted molar refractivity (Wildman–Crippen MR) is 159 cm³/mol. The van der Waals surface area contributed by atoms with Crippen LogP contribution in [0.3, 0.4) is 0 Å². The second-order valence-electron chi connectivity index (χ2n) is 10.7. The Morgan fingerprint density at radius 2 is 0.762 bits per heavy atom. The van der Waals surface area contributed by atoms with Crippen LogP contribution in [0.4, 0.5) is 0 Å². The number of aryl methyl sites for hydroxylation is 2. The van der Waals surface area contributed by atoms with Crippen LogP contribution >= 0.6 is 0 Å². The van der Waals surface area contributed by atoms with E-state index < -0.39 is 20.2 Å². The SMILES string of the molecule is Cc1ccc(S(=O)(=O)Oc2ccc(OS(=O)(=O)c3ccc(C)cc3)c3c2C2c4ccccc4C3c3ccccc32)cc1. The molecule has 0 amide bonds. The minimum Gasteiger partial charge on any atom is -0.379 e. The summed E-state index contributed by atoms with van der Waals surface area (Å²) < 4.78 is 65.6. The molecular formula is C34H26O6S2. The van der Waals surface area contributed by atoms with E-state index in [1.807, 2.05) is 62.4 Å². The quantitative estimate of drug-likeness (QED) is 0.196. The van der Waals surface area contributed by atoms with Gasteiger partial charge in [-0.2, -0.15) is 16.8 Å². The minimum absolute atomic E-state index is 0.0332. The third kappa shape index (κ3) is 4.21. The molecule has 0 heterocycles. The van der Waals surface area contributed by atoms with Crippen molar-refractivity contribution >= 4 is 20.2 Å². The molecule has 0 unspecified atom stereocenters. The summed E-state index contributed by atoms with van der Waals surface area (Å²) in [5.74, 6) is -0.480. The summed E-state index contributed by atoms with van der Waals surface area (Å²) in [6.45, 7) is 3.76. The lowest BCUT2D eigenvalue weighted by Crippen LogP contribution is -2.29. The fourth-order valence-electron chi connectivity index (χ4n) is 6.11. The Balaban J connectivity index is 1.44. The highest BCUT2D eigenvalue weighted by atomic mass is 32.2. The molecule has 0 saturated heterocycles. The molecule has 3 aliphatic rings. The Hall–Kier alpha value is -4.40. The molecule has 0 saturated carbocycles. The number of benzene rings is 5. The van der Waals surface area contributed by atoms with E-state index in [0.717, 1.165) is 33.4 Å². The fourth-order valence-corrected chi connectivity index (χ4v) is 8.00. The normalized spacial score (nSPS) is 16.7. The van der Waals surface area contributed by atoms with Crippen LogP contribution in [0.25, 0.3) is 0 Å². The van der Waals surface area contributed by atoms with Gasteiger partial charge < -0.3 is 8.37 Å². The van der Waals surface area contributed by atoms with Crippen molar-refractivity contribution in [2.45, 2.75) is 35.5 Å². The van der Waals surface area contributed by atoms with Crippen molar-refractivity contribution in [3.63, 3.8) is 0 Å². The van der Waals surface area contributed by atoms with Crippen LogP contribution < -0.4 is 8.37 Å². The van der Waals surface area contributed by atoms with Gasteiger partial charge in [-0.25, -0.2) is 0 Å². The third-order valence-electron chi connectivity index (χ3n) is 8.04. The average Bonchev–Trinajstić information content (AvgIpc) is 2.98. The van der Waals surface area contributed by atoms with E-state index in [1.54, 1.807) is 24.3 Å². The molecule has 5 aromatic carbocycles. The van der Waals surface area contributed by atoms with Crippen LogP contribution in [0.15, 0.2) is 119 Å². The van der Waals surface area contributed by atoms with E-state index in [-0.39, 0.29) is 33.1 Å². The summed E-state index contributed by atoms with van der Waals surface area (Å²) in [5, 5.41) is 0. The maximum atomic E-state index is 13.5. The van der Waals surface area contributed by atoms with Gasteiger partial charge in [-0.3, -0.25) is 0 Å². The number of hydrogen-bond acceptors (Lipinski definition) is 6. The highest BCUT2D eigenvalue weighted by Gasteiger charge is 2.45. The van der Waals surface area contributed by atoms with Crippen LogP contribution in [-0.4, -0.2) is 16.8 Å². The molecule has 3 aliphatic carbocycles. The van der Waals surface area contributed by atoms with Gasteiger partial charge >= 0.3 is 20.2 Å². The first-order chi connectivity index (χ1) is 20.1. The lowest BCUT2D eigenvalue weighted by Gasteiger charge is -2.43. The zero-order valence-electron chi connectivity index (χ0n) is 22.8. The smallest absolute Gasteiger partial charge is 0.339 e. The Morgan fingerprint density at radius 3 is 1.07 bits per heavy atom. The molecule has 8 heteroatoms. The van der Waals surface area contributed by atoms with Gasteiger partial charge in [0.2, 0.25) is 0 Å². The van der Waals surface area contributed by atoms with Crippen LogP contribution in [-0.2, 0) is 20.2 Å². The Labute approximate surface area is 245 Å². The van der Waals surface area contributed by atoms with Crippen LogP contribution in [0, 0.1) is 13.8 Å². The lowest BCUT2D eigenvalue weighted by atomic mass is 9.61. The topological polar surface area (TPSA) is 86.7 Å². The zero-order chi connectivity index (χ0) is 29.2. The molecule has 6 nitrogen and oxygen atoms in total. The summed E-state index contributed by atoms with van der Waals surface area (Å²) >= 11 is 0. The van der Waals surface area contributed by atoms with E-state index in [4.69, 9.17) is 8.37 Å². The van der Waals surface area contributed by atoms with Crippen molar-refractivity contribution in [1.29, 1.82) is 0 Å². The highest BCUT2D eigenvalue weighted by Crippen LogP contribution is 2.60. The van der Waals surface area contributed by atoms with Gasteiger partial charge in [-0.05, 0) is 72.5 Å². The lowest BCUT2D eigenvalue weighted by molar-refractivity contribution is 0.467. The summed E-state index contributed by atoms with van der Waals surface area (Å²) in [6, 6.07) is 31.8. The van der Waals surface area contributed by atoms with Gasteiger partial charge in [-0.1, -0.05) is 83.9 Å². The number of hydrogen-bond donors (Lipinski definition) is 0. The van der Waals surface area contributed by atoms with Crippen molar-refractivity contribution in [3.8, 4) is 11.5 Å². The Bertz CT molecular complexity index is 1880. The summed E-state index contributed by atoms with van der Waals surface area (Å²) in [7, 11) is -8.38. The third-order valence-corrected chi connectivity index (χ3v) is 10.5. The highest BCUT2D eigenvalue weighted by molar-refractivity contribution is 7.87. The molecule has 5 aromatic rings. The molecule has 0 fully saturated rings. The molecule has 0 N–H and O–H groups in total. The van der Waals surface area contributed by atoms with Crippen molar-refractivity contribution in [2.75, 3.05) is 0 Å². The van der Waals surface area contributed by atoms with Crippen LogP contribution in [0.5, 0.6) is 11.5 Å². The Kier molecular flexibility index (Phi) is 6.04. The molecule has 8 rings (SSSR count).